The highest BCUT2D eigenvalue weighted by Crippen LogP contribution is 2.25. The lowest BCUT2D eigenvalue weighted by Crippen LogP contribution is -2.22. The Hall–Kier alpha value is -2.30. The van der Waals surface area contributed by atoms with Gasteiger partial charge in [-0.3, -0.25) is 0 Å². The summed E-state index contributed by atoms with van der Waals surface area (Å²) >= 11 is 0. The second kappa shape index (κ2) is 6.64. The monoisotopic (exact) mass is 300 g/mol. The summed E-state index contributed by atoms with van der Waals surface area (Å²) in [6, 6.07) is 9.65. The van der Waals surface area contributed by atoms with Crippen molar-refractivity contribution in [2.45, 2.75) is 27.2 Å². The zero-order valence-electron chi connectivity index (χ0n) is 13.7. The molecule has 2 aromatic rings. The largest absolute Gasteiger partial charge is 0.497 e. The molecule has 5 nitrogen and oxygen atoms in total. The van der Waals surface area contributed by atoms with Crippen LogP contribution in [0, 0.1) is 5.41 Å². The number of hydrogen-bond donors (Lipinski definition) is 2. The topological polar surface area (TPSA) is 73.1 Å². The smallest absolute Gasteiger partial charge is 0.222 e. The van der Waals surface area contributed by atoms with E-state index in [1.54, 1.807) is 7.11 Å². The second-order valence-electron chi connectivity index (χ2n) is 6.10. The lowest BCUT2D eigenvalue weighted by atomic mass is 9.90. The Morgan fingerprint density at radius 3 is 2.45 bits per heavy atom. The van der Waals surface area contributed by atoms with Gasteiger partial charge in [-0.05, 0) is 36.1 Å². The molecule has 0 fully saturated rings. The number of ether oxygens (including phenoxy) is 1. The van der Waals surface area contributed by atoms with E-state index in [2.05, 4.69) is 36.1 Å². The number of nitrogen functional groups attached to an aromatic ring is 1. The van der Waals surface area contributed by atoms with E-state index in [-0.39, 0.29) is 11.4 Å². The maximum Gasteiger partial charge on any atom is 0.222 e. The third-order valence-electron chi connectivity index (χ3n) is 3.83. The van der Waals surface area contributed by atoms with Gasteiger partial charge in [-0.15, -0.1) is 0 Å². The molecular weight excluding hydrogens is 276 g/mol. The van der Waals surface area contributed by atoms with Crippen LogP contribution >= 0.6 is 0 Å². The van der Waals surface area contributed by atoms with Crippen LogP contribution in [0.15, 0.2) is 30.3 Å². The highest BCUT2D eigenvalue weighted by molar-refractivity contribution is 5.64. The third kappa shape index (κ3) is 4.10. The van der Waals surface area contributed by atoms with Gasteiger partial charge in [0.15, 0.2) is 0 Å². The maximum absolute atomic E-state index is 5.84. The van der Waals surface area contributed by atoms with Crippen molar-refractivity contribution in [3.05, 3.63) is 30.3 Å². The van der Waals surface area contributed by atoms with Crippen LogP contribution in [-0.4, -0.2) is 23.6 Å². The molecule has 2 rings (SSSR count). The zero-order chi connectivity index (χ0) is 16.2. The Balaban J connectivity index is 2.22. The molecule has 0 radical (unpaired) electrons. The molecule has 0 amide bonds. The van der Waals surface area contributed by atoms with E-state index in [1.807, 2.05) is 30.3 Å². The summed E-state index contributed by atoms with van der Waals surface area (Å²) in [4.78, 5) is 8.57. The lowest BCUT2D eigenvalue weighted by molar-refractivity contribution is 0.376. The first-order chi connectivity index (χ1) is 10.4. The van der Waals surface area contributed by atoms with Crippen molar-refractivity contribution in [2.75, 3.05) is 24.7 Å². The summed E-state index contributed by atoms with van der Waals surface area (Å²) in [5, 5.41) is 3.35. The Kier molecular flexibility index (Phi) is 4.85. The molecule has 0 unspecified atom stereocenters. The van der Waals surface area contributed by atoms with E-state index < -0.39 is 0 Å². The molecule has 118 valence electrons. The normalized spacial score (nSPS) is 11.3. The van der Waals surface area contributed by atoms with Gasteiger partial charge in [-0.2, -0.15) is 4.98 Å². The molecule has 22 heavy (non-hydrogen) atoms. The molecule has 0 aliphatic rings. The summed E-state index contributed by atoms with van der Waals surface area (Å²) in [5.41, 5.74) is 7.82. The lowest BCUT2D eigenvalue weighted by Gasteiger charge is -2.23. The van der Waals surface area contributed by atoms with Crippen molar-refractivity contribution in [2.24, 2.45) is 5.41 Å². The predicted molar refractivity (Wildman–Crippen MR) is 91.0 cm³/mol. The van der Waals surface area contributed by atoms with Crippen LogP contribution in [0.4, 0.5) is 11.8 Å². The quantitative estimate of drug-likeness (QED) is 0.853. The van der Waals surface area contributed by atoms with Crippen molar-refractivity contribution >= 4 is 11.8 Å². The average Bonchev–Trinajstić information content (AvgIpc) is 2.53. The SMILES string of the molecule is CCC(C)(C)CNc1cc(-c2ccc(OC)cc2)nc(N)n1. The van der Waals surface area contributed by atoms with Gasteiger partial charge in [-0.1, -0.05) is 20.8 Å². The molecule has 0 aliphatic heterocycles. The van der Waals surface area contributed by atoms with Gasteiger partial charge in [0.2, 0.25) is 5.95 Å². The van der Waals surface area contributed by atoms with Crippen LogP contribution in [0.3, 0.4) is 0 Å². The van der Waals surface area contributed by atoms with Crippen LogP contribution in [-0.2, 0) is 0 Å². The molecule has 3 N–H and O–H groups in total. The first kappa shape index (κ1) is 16.1. The number of hydrogen-bond acceptors (Lipinski definition) is 5. The fourth-order valence-electron chi connectivity index (χ4n) is 1.92. The molecule has 0 bridgehead atoms. The van der Waals surface area contributed by atoms with Crippen molar-refractivity contribution in [1.29, 1.82) is 0 Å². The summed E-state index contributed by atoms with van der Waals surface area (Å²) in [5.74, 6) is 1.83. The molecule has 0 saturated heterocycles. The number of aromatic nitrogens is 2. The van der Waals surface area contributed by atoms with Crippen LogP contribution in [0.1, 0.15) is 27.2 Å². The Morgan fingerprint density at radius 2 is 1.86 bits per heavy atom. The van der Waals surface area contributed by atoms with Gasteiger partial charge in [0.05, 0.1) is 12.8 Å². The number of nitrogens with two attached hydrogens (primary N) is 1. The predicted octanol–water partition coefficient (Wildman–Crippen LogP) is 3.58. The third-order valence-corrected chi connectivity index (χ3v) is 3.83. The maximum atomic E-state index is 5.84. The van der Waals surface area contributed by atoms with Gasteiger partial charge in [0, 0.05) is 18.2 Å². The molecule has 1 heterocycles. The summed E-state index contributed by atoms with van der Waals surface area (Å²) in [7, 11) is 1.65. The fraction of sp³-hybridized carbons (Fsp3) is 0.412. The number of nitrogens with zero attached hydrogens (tertiary/aromatic N) is 2. The van der Waals surface area contributed by atoms with Crippen molar-refractivity contribution in [1.82, 2.24) is 9.97 Å². The van der Waals surface area contributed by atoms with Gasteiger partial charge in [-0.25, -0.2) is 4.98 Å². The van der Waals surface area contributed by atoms with E-state index in [0.717, 1.165) is 35.8 Å². The standard InChI is InChI=1S/C17H24N4O/c1-5-17(2,3)11-19-15-10-14(20-16(18)21-15)12-6-8-13(22-4)9-7-12/h6-10H,5,11H2,1-4H3,(H3,18,19,20,21). The van der Waals surface area contributed by atoms with Gasteiger partial charge in [0.1, 0.15) is 11.6 Å². The highest BCUT2D eigenvalue weighted by Gasteiger charge is 2.15. The van der Waals surface area contributed by atoms with Crippen molar-refractivity contribution in [3.8, 4) is 17.0 Å². The zero-order valence-corrected chi connectivity index (χ0v) is 13.7. The van der Waals surface area contributed by atoms with E-state index in [4.69, 9.17) is 10.5 Å². The molecule has 0 saturated carbocycles. The minimum Gasteiger partial charge on any atom is -0.497 e. The minimum absolute atomic E-state index is 0.208. The van der Waals surface area contributed by atoms with E-state index >= 15 is 0 Å². The molecule has 0 atom stereocenters. The van der Waals surface area contributed by atoms with E-state index in [1.165, 1.54) is 0 Å². The van der Waals surface area contributed by atoms with Crippen LogP contribution in [0.5, 0.6) is 5.75 Å². The van der Waals surface area contributed by atoms with Crippen LogP contribution < -0.4 is 15.8 Å². The first-order valence-corrected chi connectivity index (χ1v) is 7.46. The molecule has 5 heteroatoms. The van der Waals surface area contributed by atoms with E-state index in [0.29, 0.717) is 0 Å². The number of benzene rings is 1. The summed E-state index contributed by atoms with van der Waals surface area (Å²) < 4.78 is 5.17. The molecule has 1 aromatic carbocycles. The highest BCUT2D eigenvalue weighted by atomic mass is 16.5. The molecule has 0 spiro atoms. The van der Waals surface area contributed by atoms with Gasteiger partial charge < -0.3 is 15.8 Å². The molecular formula is C17H24N4O. The second-order valence-corrected chi connectivity index (χ2v) is 6.10. The number of rotatable bonds is 6. The van der Waals surface area contributed by atoms with Crippen LogP contribution in [0.25, 0.3) is 11.3 Å². The summed E-state index contributed by atoms with van der Waals surface area (Å²) in [6.45, 7) is 7.45. The average molecular weight is 300 g/mol. The minimum atomic E-state index is 0.208. The number of nitrogens with one attached hydrogen (secondary N) is 1. The Labute approximate surface area is 131 Å². The van der Waals surface area contributed by atoms with Gasteiger partial charge >= 0.3 is 0 Å². The van der Waals surface area contributed by atoms with Crippen LogP contribution in [0.2, 0.25) is 0 Å². The fourth-order valence-corrected chi connectivity index (χ4v) is 1.92. The molecule has 0 aliphatic carbocycles. The molecule has 1 aromatic heterocycles. The first-order valence-electron chi connectivity index (χ1n) is 7.46. The number of methoxy groups -OCH3 is 1. The van der Waals surface area contributed by atoms with Gasteiger partial charge in [0.25, 0.3) is 0 Å². The van der Waals surface area contributed by atoms with Crippen molar-refractivity contribution < 1.29 is 4.74 Å². The number of anilines is 2. The Bertz CT molecular complexity index is 623. The van der Waals surface area contributed by atoms with Crippen molar-refractivity contribution in [3.63, 3.8) is 0 Å². The Morgan fingerprint density at radius 1 is 1.18 bits per heavy atom. The van der Waals surface area contributed by atoms with E-state index in [9.17, 15) is 0 Å². The summed E-state index contributed by atoms with van der Waals surface area (Å²) in [6.07, 6.45) is 1.09.